The van der Waals surface area contributed by atoms with Crippen molar-refractivity contribution in [3.05, 3.63) is 63.9 Å². The van der Waals surface area contributed by atoms with Gasteiger partial charge in [-0.1, -0.05) is 43.1 Å². The van der Waals surface area contributed by atoms with Crippen LogP contribution in [0.15, 0.2) is 42.5 Å². The molecule has 29 heavy (non-hydrogen) atoms. The second-order valence-corrected chi connectivity index (χ2v) is 9.17. The lowest BCUT2D eigenvalue weighted by Gasteiger charge is -2.38. The first-order valence-corrected chi connectivity index (χ1v) is 10.6. The second-order valence-electron chi connectivity index (χ2n) is 8.33. The van der Waals surface area contributed by atoms with Crippen molar-refractivity contribution in [3.8, 4) is 0 Å². The van der Waals surface area contributed by atoms with Crippen LogP contribution in [0.3, 0.4) is 0 Å². The maximum absolute atomic E-state index is 14.2. The molecule has 0 saturated carbocycles. The van der Waals surface area contributed by atoms with Gasteiger partial charge in [-0.3, -0.25) is 4.90 Å². The quantitative estimate of drug-likeness (QED) is 0.719. The van der Waals surface area contributed by atoms with Crippen LogP contribution in [0.1, 0.15) is 25.3 Å². The zero-order valence-corrected chi connectivity index (χ0v) is 18.0. The number of anilines is 1. The molecular formula is C22H24Cl2FN3O. The van der Waals surface area contributed by atoms with Crippen LogP contribution in [-0.2, 0) is 0 Å². The summed E-state index contributed by atoms with van der Waals surface area (Å²) in [6, 6.07) is 12.3. The Kier molecular flexibility index (Phi) is 5.49. The first-order chi connectivity index (χ1) is 13.8. The summed E-state index contributed by atoms with van der Waals surface area (Å²) in [7, 11) is 0. The first-order valence-electron chi connectivity index (χ1n) is 9.82. The van der Waals surface area contributed by atoms with Crippen LogP contribution >= 0.6 is 23.2 Å². The summed E-state index contributed by atoms with van der Waals surface area (Å²) in [5.41, 5.74) is 1.13. The average Bonchev–Trinajstić information content (AvgIpc) is 3.20. The molecule has 1 N–H and O–H groups in total. The van der Waals surface area contributed by atoms with Gasteiger partial charge in [-0.2, -0.15) is 0 Å². The summed E-state index contributed by atoms with van der Waals surface area (Å²) in [4.78, 5) is 17.3. The molecule has 154 valence electrons. The van der Waals surface area contributed by atoms with E-state index >= 15 is 0 Å². The van der Waals surface area contributed by atoms with Crippen molar-refractivity contribution in [2.75, 3.05) is 31.1 Å². The molecule has 0 radical (unpaired) electrons. The Morgan fingerprint density at radius 3 is 2.59 bits per heavy atom. The summed E-state index contributed by atoms with van der Waals surface area (Å²) in [5, 5.41) is 4.16. The molecule has 2 heterocycles. The lowest BCUT2D eigenvalue weighted by Crippen LogP contribution is -2.52. The molecule has 2 aromatic rings. The maximum atomic E-state index is 14.2. The van der Waals surface area contributed by atoms with Crippen LogP contribution in [0.25, 0.3) is 0 Å². The molecule has 2 amide bonds. The number of carbonyl (C=O) groups excluding carboxylic acids is 1. The average molecular weight is 436 g/mol. The van der Waals surface area contributed by atoms with Gasteiger partial charge in [0.1, 0.15) is 5.82 Å². The second kappa shape index (κ2) is 7.78. The van der Waals surface area contributed by atoms with Gasteiger partial charge in [0.25, 0.3) is 0 Å². The van der Waals surface area contributed by atoms with Gasteiger partial charge < -0.3 is 10.2 Å². The van der Waals surface area contributed by atoms with E-state index < -0.39 is 11.4 Å². The Morgan fingerprint density at radius 2 is 1.93 bits per heavy atom. The van der Waals surface area contributed by atoms with Gasteiger partial charge in [-0.15, -0.1) is 0 Å². The SMILES string of the molecule is CC(C)CN1C[C@]2(CNC[C@@H]2c2ccc(Cl)c(F)c2)N(c2ccc(Cl)cc2)C1=O. The fraction of sp³-hybridized carbons (Fsp3) is 0.409. The molecular weight excluding hydrogens is 412 g/mol. The predicted molar refractivity (Wildman–Crippen MR) is 115 cm³/mol. The molecule has 7 heteroatoms. The van der Waals surface area contributed by atoms with Crippen molar-refractivity contribution in [1.82, 2.24) is 10.2 Å². The predicted octanol–water partition coefficient (Wildman–Crippen LogP) is 5.16. The molecule has 2 saturated heterocycles. The van der Waals surface area contributed by atoms with E-state index in [4.69, 9.17) is 23.2 Å². The number of amides is 2. The Morgan fingerprint density at radius 1 is 1.21 bits per heavy atom. The van der Waals surface area contributed by atoms with Crippen LogP contribution in [0.4, 0.5) is 14.9 Å². The van der Waals surface area contributed by atoms with E-state index in [1.54, 1.807) is 18.2 Å². The Labute approximate surface area is 180 Å². The summed E-state index contributed by atoms with van der Waals surface area (Å²) < 4.78 is 14.2. The highest BCUT2D eigenvalue weighted by molar-refractivity contribution is 6.31. The van der Waals surface area contributed by atoms with Gasteiger partial charge in [-0.25, -0.2) is 9.18 Å². The summed E-state index contributed by atoms with van der Waals surface area (Å²) in [6.07, 6.45) is 0. The van der Waals surface area contributed by atoms with Crippen LogP contribution in [-0.4, -0.2) is 42.6 Å². The largest absolute Gasteiger partial charge is 0.325 e. The minimum atomic E-state index is -0.514. The van der Waals surface area contributed by atoms with Gasteiger partial charge in [0.2, 0.25) is 0 Å². The van der Waals surface area contributed by atoms with Crippen molar-refractivity contribution >= 4 is 34.9 Å². The number of carbonyl (C=O) groups is 1. The number of nitrogens with zero attached hydrogens (tertiary/aromatic N) is 2. The van der Waals surface area contributed by atoms with E-state index in [9.17, 15) is 9.18 Å². The van der Waals surface area contributed by atoms with Gasteiger partial charge in [0.05, 0.1) is 10.6 Å². The molecule has 0 bridgehead atoms. The summed E-state index contributed by atoms with van der Waals surface area (Å²) in [5.74, 6) is -0.152. The maximum Gasteiger partial charge on any atom is 0.325 e. The molecule has 0 unspecified atom stereocenters. The first kappa shape index (κ1) is 20.5. The number of urea groups is 1. The molecule has 4 rings (SSSR count). The van der Waals surface area contributed by atoms with E-state index in [0.29, 0.717) is 37.1 Å². The van der Waals surface area contributed by atoms with Crippen LogP contribution in [0.2, 0.25) is 10.0 Å². The summed E-state index contributed by atoms with van der Waals surface area (Å²) >= 11 is 12.0. The standard InChI is InChI=1S/C22H24Cl2FN3O/c1-14(2)11-27-13-22(28(21(27)29)17-6-4-16(23)5-7-17)12-26-10-18(22)15-3-8-19(24)20(25)9-15/h3-9,14,18,26H,10-13H2,1-2H3/t18-,22+/m1/s1. The smallest absolute Gasteiger partial charge is 0.322 e. The van der Waals surface area contributed by atoms with Crippen LogP contribution in [0.5, 0.6) is 0 Å². The highest BCUT2D eigenvalue weighted by Gasteiger charge is 2.57. The number of rotatable bonds is 4. The number of hydrogen-bond donors (Lipinski definition) is 1. The van der Waals surface area contributed by atoms with Gasteiger partial charge >= 0.3 is 6.03 Å². The number of hydrogen-bond acceptors (Lipinski definition) is 2. The van der Waals surface area contributed by atoms with Crippen molar-refractivity contribution < 1.29 is 9.18 Å². The van der Waals surface area contributed by atoms with Crippen molar-refractivity contribution in [3.63, 3.8) is 0 Å². The molecule has 2 atom stereocenters. The Hall–Kier alpha value is -1.82. The molecule has 2 fully saturated rings. The number of halogens is 3. The van der Waals surface area contributed by atoms with E-state index in [1.807, 2.05) is 28.0 Å². The van der Waals surface area contributed by atoms with Crippen molar-refractivity contribution in [2.45, 2.75) is 25.3 Å². The normalized spacial score (nSPS) is 24.3. The topological polar surface area (TPSA) is 35.6 Å². The fourth-order valence-corrected chi connectivity index (χ4v) is 4.89. The molecule has 4 nitrogen and oxygen atoms in total. The van der Waals surface area contributed by atoms with Crippen molar-refractivity contribution in [1.29, 1.82) is 0 Å². The molecule has 1 spiro atoms. The van der Waals surface area contributed by atoms with E-state index in [0.717, 1.165) is 11.3 Å². The molecule has 0 aromatic heterocycles. The third kappa shape index (κ3) is 3.60. The Bertz CT molecular complexity index is 921. The zero-order chi connectivity index (χ0) is 20.8. The summed E-state index contributed by atoms with van der Waals surface area (Å²) in [6.45, 7) is 6.74. The minimum absolute atomic E-state index is 0.0239. The zero-order valence-electron chi connectivity index (χ0n) is 16.5. The number of benzene rings is 2. The molecule has 2 aliphatic rings. The highest BCUT2D eigenvalue weighted by Crippen LogP contribution is 2.45. The Balaban J connectivity index is 1.80. The van der Waals surface area contributed by atoms with Crippen LogP contribution < -0.4 is 10.2 Å². The van der Waals surface area contributed by atoms with Gasteiger partial charge in [0.15, 0.2) is 0 Å². The lowest BCUT2D eigenvalue weighted by molar-refractivity contribution is 0.213. The minimum Gasteiger partial charge on any atom is -0.322 e. The fourth-order valence-electron chi connectivity index (χ4n) is 4.65. The molecule has 2 aromatic carbocycles. The van der Waals surface area contributed by atoms with E-state index in [2.05, 4.69) is 19.2 Å². The third-order valence-corrected chi connectivity index (χ3v) is 6.37. The van der Waals surface area contributed by atoms with Crippen LogP contribution in [0, 0.1) is 11.7 Å². The van der Waals surface area contributed by atoms with E-state index in [-0.39, 0.29) is 17.0 Å². The molecule has 2 aliphatic heterocycles. The van der Waals surface area contributed by atoms with Gasteiger partial charge in [-0.05, 0) is 47.9 Å². The number of nitrogens with one attached hydrogen (secondary N) is 1. The molecule has 0 aliphatic carbocycles. The highest BCUT2D eigenvalue weighted by atomic mass is 35.5. The third-order valence-electron chi connectivity index (χ3n) is 5.82. The monoisotopic (exact) mass is 435 g/mol. The lowest BCUT2D eigenvalue weighted by atomic mass is 9.81. The van der Waals surface area contributed by atoms with Gasteiger partial charge in [0, 0.05) is 42.8 Å². The van der Waals surface area contributed by atoms with Crippen molar-refractivity contribution in [2.24, 2.45) is 5.92 Å². The van der Waals surface area contributed by atoms with E-state index in [1.165, 1.54) is 6.07 Å².